The molecule has 0 saturated carbocycles. The monoisotopic (exact) mass is 294 g/mol. The minimum Gasteiger partial charge on any atom is -0.388 e. The molecule has 116 valence electrons. The van der Waals surface area contributed by atoms with Gasteiger partial charge in [-0.15, -0.1) is 0 Å². The lowest BCUT2D eigenvalue weighted by molar-refractivity contribution is -0.328. The number of hydrogen-bond acceptors (Lipinski definition) is 5. The van der Waals surface area contributed by atoms with Gasteiger partial charge in [-0.1, -0.05) is 43.7 Å². The van der Waals surface area contributed by atoms with E-state index in [2.05, 4.69) is 0 Å². The van der Waals surface area contributed by atoms with Crippen molar-refractivity contribution in [3.8, 4) is 0 Å². The number of rotatable bonds is 3. The van der Waals surface area contributed by atoms with Crippen LogP contribution in [-0.2, 0) is 14.2 Å². The van der Waals surface area contributed by atoms with Gasteiger partial charge in [-0.2, -0.15) is 0 Å². The smallest absolute Gasteiger partial charge is 0.184 e. The van der Waals surface area contributed by atoms with Crippen molar-refractivity contribution < 1.29 is 24.4 Å². The molecule has 5 heteroatoms. The molecule has 2 aliphatic rings. The first-order chi connectivity index (χ1) is 10.2. The average Bonchev–Trinajstić information content (AvgIpc) is 2.53. The number of aliphatic hydroxyl groups is 2. The number of ether oxygens (including phenoxy) is 3. The molecule has 0 aromatic heterocycles. The molecule has 0 bridgehead atoms. The van der Waals surface area contributed by atoms with Crippen LogP contribution in [0.1, 0.15) is 31.6 Å². The van der Waals surface area contributed by atoms with E-state index in [1.54, 1.807) is 0 Å². The third kappa shape index (κ3) is 2.98. The summed E-state index contributed by atoms with van der Waals surface area (Å²) in [5.74, 6) is 0. The fourth-order valence-corrected chi connectivity index (χ4v) is 2.99. The lowest BCUT2D eigenvalue weighted by Gasteiger charge is -2.46. The van der Waals surface area contributed by atoms with Gasteiger partial charge < -0.3 is 24.4 Å². The van der Waals surface area contributed by atoms with Crippen LogP contribution in [0.3, 0.4) is 0 Å². The van der Waals surface area contributed by atoms with Crippen LogP contribution in [0, 0.1) is 0 Å². The van der Waals surface area contributed by atoms with Crippen molar-refractivity contribution in [2.45, 2.75) is 56.6 Å². The molecule has 21 heavy (non-hydrogen) atoms. The second kappa shape index (κ2) is 6.42. The molecule has 0 amide bonds. The van der Waals surface area contributed by atoms with Crippen molar-refractivity contribution in [1.82, 2.24) is 0 Å². The van der Waals surface area contributed by atoms with E-state index in [1.165, 1.54) is 0 Å². The van der Waals surface area contributed by atoms with Gasteiger partial charge in [0.25, 0.3) is 0 Å². The Balaban J connectivity index is 1.71. The summed E-state index contributed by atoms with van der Waals surface area (Å²) in [7, 11) is 0. The Morgan fingerprint density at radius 2 is 1.86 bits per heavy atom. The van der Waals surface area contributed by atoms with Gasteiger partial charge in [0.05, 0.1) is 12.7 Å². The fourth-order valence-electron chi connectivity index (χ4n) is 2.99. The van der Waals surface area contributed by atoms with Crippen LogP contribution < -0.4 is 0 Å². The first kappa shape index (κ1) is 14.9. The fraction of sp³-hybridized carbons (Fsp3) is 0.625. The molecule has 2 saturated heterocycles. The summed E-state index contributed by atoms with van der Waals surface area (Å²) in [6.45, 7) is 2.38. The van der Waals surface area contributed by atoms with Crippen LogP contribution in [0.4, 0.5) is 0 Å². The zero-order chi connectivity index (χ0) is 14.8. The summed E-state index contributed by atoms with van der Waals surface area (Å²) in [6.07, 6.45) is -2.04. The van der Waals surface area contributed by atoms with Crippen LogP contribution >= 0.6 is 0 Å². The van der Waals surface area contributed by atoms with Crippen LogP contribution in [0.2, 0.25) is 0 Å². The maximum atomic E-state index is 10.3. The average molecular weight is 294 g/mol. The molecule has 2 heterocycles. The number of fused-ring (bicyclic) bond motifs is 1. The lowest BCUT2D eigenvalue weighted by atomic mass is 9.92. The standard InChI is InChI=1S/C16H22O5/c1-2-6-11-13(17)14(18)15-12(20-11)9-19-16(21-15)10-7-4-3-5-8-10/h3-5,7-8,11-18H,2,6,9H2,1H3/t11-,12?,13?,14?,15-,16?/m1/s1. The van der Waals surface area contributed by atoms with Gasteiger partial charge in [-0.25, -0.2) is 0 Å². The van der Waals surface area contributed by atoms with Crippen molar-refractivity contribution in [3.63, 3.8) is 0 Å². The summed E-state index contributed by atoms with van der Waals surface area (Å²) in [6, 6.07) is 9.57. The molecule has 3 rings (SSSR count). The zero-order valence-corrected chi connectivity index (χ0v) is 12.1. The largest absolute Gasteiger partial charge is 0.388 e. The Bertz CT molecular complexity index is 449. The summed E-state index contributed by atoms with van der Waals surface area (Å²) in [5, 5.41) is 20.5. The minimum absolute atomic E-state index is 0.333. The minimum atomic E-state index is -0.949. The van der Waals surface area contributed by atoms with E-state index in [0.29, 0.717) is 13.0 Å². The van der Waals surface area contributed by atoms with E-state index in [4.69, 9.17) is 14.2 Å². The molecule has 0 radical (unpaired) electrons. The second-order valence-electron chi connectivity index (χ2n) is 5.66. The van der Waals surface area contributed by atoms with Crippen LogP contribution in [-0.4, -0.2) is 47.3 Å². The highest BCUT2D eigenvalue weighted by Gasteiger charge is 2.48. The van der Waals surface area contributed by atoms with E-state index in [9.17, 15) is 10.2 Å². The SMILES string of the molecule is CCC[C@H]1OC2COC(c3ccccc3)O[C@H]2C(O)C1O. The normalized spacial score (nSPS) is 39.8. The molecule has 1 aromatic carbocycles. The van der Waals surface area contributed by atoms with E-state index in [-0.39, 0.29) is 12.2 Å². The second-order valence-corrected chi connectivity index (χ2v) is 5.66. The molecule has 6 atom stereocenters. The Hall–Kier alpha value is -0.980. The van der Waals surface area contributed by atoms with E-state index >= 15 is 0 Å². The maximum absolute atomic E-state index is 10.3. The zero-order valence-electron chi connectivity index (χ0n) is 12.1. The van der Waals surface area contributed by atoms with Crippen molar-refractivity contribution in [3.05, 3.63) is 35.9 Å². The van der Waals surface area contributed by atoms with E-state index < -0.39 is 24.6 Å². The highest BCUT2D eigenvalue weighted by atomic mass is 16.7. The Morgan fingerprint density at radius 1 is 1.10 bits per heavy atom. The summed E-state index contributed by atoms with van der Waals surface area (Å²) >= 11 is 0. The number of hydrogen-bond donors (Lipinski definition) is 2. The highest BCUT2D eigenvalue weighted by Crippen LogP contribution is 2.34. The van der Waals surface area contributed by atoms with Crippen LogP contribution in [0.5, 0.6) is 0 Å². The summed E-state index contributed by atoms with van der Waals surface area (Å²) in [5.41, 5.74) is 0.897. The van der Waals surface area contributed by atoms with Gasteiger partial charge in [0, 0.05) is 5.56 Å². The number of benzene rings is 1. The van der Waals surface area contributed by atoms with E-state index in [1.807, 2.05) is 37.3 Å². The summed E-state index contributed by atoms with van der Waals surface area (Å²) in [4.78, 5) is 0. The van der Waals surface area contributed by atoms with Crippen molar-refractivity contribution in [2.75, 3.05) is 6.61 Å². The van der Waals surface area contributed by atoms with Gasteiger partial charge in [0.2, 0.25) is 0 Å². The van der Waals surface area contributed by atoms with Crippen molar-refractivity contribution in [1.29, 1.82) is 0 Å². The molecular weight excluding hydrogens is 272 g/mol. The van der Waals surface area contributed by atoms with Gasteiger partial charge in [0.15, 0.2) is 6.29 Å². The Labute approximate surface area is 124 Å². The van der Waals surface area contributed by atoms with Gasteiger partial charge in [-0.3, -0.25) is 0 Å². The highest BCUT2D eigenvalue weighted by molar-refractivity contribution is 5.16. The maximum Gasteiger partial charge on any atom is 0.184 e. The predicted molar refractivity (Wildman–Crippen MR) is 75.6 cm³/mol. The molecular formula is C16H22O5. The van der Waals surface area contributed by atoms with Gasteiger partial charge in [-0.05, 0) is 6.42 Å². The molecule has 4 unspecified atom stereocenters. The third-order valence-corrected chi connectivity index (χ3v) is 4.12. The quantitative estimate of drug-likeness (QED) is 0.882. The number of aliphatic hydroxyl groups excluding tert-OH is 2. The Morgan fingerprint density at radius 3 is 2.57 bits per heavy atom. The Kier molecular flexibility index (Phi) is 4.57. The van der Waals surface area contributed by atoms with Crippen LogP contribution in [0.25, 0.3) is 0 Å². The predicted octanol–water partition coefficient (Wildman–Crippen LogP) is 1.39. The molecule has 1 aromatic rings. The molecule has 0 aliphatic carbocycles. The van der Waals surface area contributed by atoms with Gasteiger partial charge >= 0.3 is 0 Å². The molecule has 2 fully saturated rings. The van der Waals surface area contributed by atoms with E-state index in [0.717, 1.165) is 12.0 Å². The van der Waals surface area contributed by atoms with Crippen molar-refractivity contribution in [2.24, 2.45) is 0 Å². The molecule has 2 N–H and O–H groups in total. The van der Waals surface area contributed by atoms with Crippen molar-refractivity contribution >= 4 is 0 Å². The molecule has 5 nitrogen and oxygen atoms in total. The lowest BCUT2D eigenvalue weighted by Crippen LogP contribution is -2.61. The first-order valence-electron chi connectivity index (χ1n) is 7.54. The topological polar surface area (TPSA) is 68.2 Å². The first-order valence-corrected chi connectivity index (χ1v) is 7.54. The third-order valence-electron chi connectivity index (χ3n) is 4.12. The van der Waals surface area contributed by atoms with Gasteiger partial charge in [0.1, 0.15) is 24.4 Å². The van der Waals surface area contributed by atoms with Crippen LogP contribution in [0.15, 0.2) is 30.3 Å². The molecule has 2 aliphatic heterocycles. The molecule has 0 spiro atoms. The summed E-state index contributed by atoms with van der Waals surface area (Å²) < 4.78 is 17.4.